The zero-order chi connectivity index (χ0) is 27.6. The summed E-state index contributed by atoms with van der Waals surface area (Å²) in [5, 5.41) is 47.3. The largest absolute Gasteiger partial charge is 0.508 e. The molecule has 0 saturated heterocycles. The number of carbonyl (C=O) groups is 4. The Morgan fingerprint density at radius 3 is 2.35 bits per heavy atom. The van der Waals surface area contributed by atoms with Gasteiger partial charge in [0.25, 0.3) is 5.91 Å². The van der Waals surface area contributed by atoms with Crippen molar-refractivity contribution in [2.75, 3.05) is 45.0 Å². The van der Waals surface area contributed by atoms with Gasteiger partial charge in [-0.25, -0.2) is 0 Å². The maximum absolute atomic E-state index is 13.6. The average Bonchev–Trinajstić information content (AvgIpc) is 2.80. The van der Waals surface area contributed by atoms with Crippen molar-refractivity contribution in [3.63, 3.8) is 0 Å². The third-order valence-electron chi connectivity index (χ3n) is 7.45. The van der Waals surface area contributed by atoms with Crippen molar-refractivity contribution in [2.45, 2.75) is 24.9 Å². The lowest BCUT2D eigenvalue weighted by molar-refractivity contribution is -0.147. The number of carbonyl (C=O) groups excluding carboxylic acids is 4. The van der Waals surface area contributed by atoms with E-state index in [-0.39, 0.29) is 48.5 Å². The lowest BCUT2D eigenvalue weighted by atomic mass is 9.59. The van der Waals surface area contributed by atoms with Crippen LogP contribution in [0.3, 0.4) is 0 Å². The van der Waals surface area contributed by atoms with Crippen LogP contribution >= 0.6 is 0 Å². The standard InChI is InChI=1S/C25H30N4O8/c1-28(2)14-8-13(27-9-16(31)29(3)4)20(32)18-12(14)6-10-5-11-7-15(30)19(24(26)36)23(35)25(11,37)22(34)17(10)21(18)33/h8,10-11,27,32-33,35,37H,5-7,9H2,1-4H3,(H2,26,36)/t10-,11+,25+/m1/s1. The Hall–Kier alpha value is -4.06. The van der Waals surface area contributed by atoms with Crippen molar-refractivity contribution in [2.24, 2.45) is 17.6 Å². The fourth-order valence-corrected chi connectivity index (χ4v) is 5.53. The first-order valence-corrected chi connectivity index (χ1v) is 11.7. The number of Topliss-reactive ketones (excluding diaryl/α,β-unsaturated/α-hetero) is 2. The molecule has 0 aromatic heterocycles. The molecule has 12 heteroatoms. The first-order valence-electron chi connectivity index (χ1n) is 11.7. The lowest BCUT2D eigenvalue weighted by Gasteiger charge is -2.46. The molecule has 3 atom stereocenters. The number of rotatable bonds is 5. The van der Waals surface area contributed by atoms with Crippen molar-refractivity contribution >= 4 is 40.5 Å². The van der Waals surface area contributed by atoms with E-state index in [1.54, 1.807) is 39.2 Å². The zero-order valence-corrected chi connectivity index (χ0v) is 21.0. The predicted octanol–water partition coefficient (Wildman–Crippen LogP) is -0.01000. The van der Waals surface area contributed by atoms with E-state index in [0.29, 0.717) is 11.3 Å². The van der Waals surface area contributed by atoms with Crippen LogP contribution in [-0.2, 0) is 25.6 Å². The number of benzene rings is 1. The number of phenols is 1. The Kier molecular flexibility index (Phi) is 6.19. The Morgan fingerprint density at radius 1 is 1.14 bits per heavy atom. The number of likely N-dealkylation sites (N-methyl/N-ethyl adjacent to an activating group) is 1. The monoisotopic (exact) mass is 514 g/mol. The molecular formula is C25H30N4O8. The second kappa shape index (κ2) is 8.80. The highest BCUT2D eigenvalue weighted by molar-refractivity contribution is 6.22. The van der Waals surface area contributed by atoms with E-state index in [4.69, 9.17) is 5.73 Å². The third-order valence-corrected chi connectivity index (χ3v) is 7.45. The fourth-order valence-electron chi connectivity index (χ4n) is 5.53. The van der Waals surface area contributed by atoms with Gasteiger partial charge in [-0.15, -0.1) is 0 Å². The minimum absolute atomic E-state index is 0.0434. The predicted molar refractivity (Wildman–Crippen MR) is 133 cm³/mol. The number of primary amides is 1. The summed E-state index contributed by atoms with van der Waals surface area (Å²) in [5.41, 5.74) is 2.78. The number of amides is 2. The van der Waals surface area contributed by atoms with E-state index >= 15 is 0 Å². The molecular weight excluding hydrogens is 484 g/mol. The van der Waals surface area contributed by atoms with Gasteiger partial charge in [0.15, 0.2) is 11.4 Å². The number of anilines is 2. The van der Waals surface area contributed by atoms with Gasteiger partial charge in [0.1, 0.15) is 22.8 Å². The minimum atomic E-state index is -2.62. The molecule has 7 N–H and O–H groups in total. The normalized spacial score (nSPS) is 24.8. The molecule has 198 valence electrons. The van der Waals surface area contributed by atoms with Gasteiger partial charge in [0.2, 0.25) is 11.7 Å². The van der Waals surface area contributed by atoms with Crippen molar-refractivity contribution in [3.05, 3.63) is 34.1 Å². The number of ketones is 2. The molecule has 1 aromatic carbocycles. The summed E-state index contributed by atoms with van der Waals surface area (Å²) in [4.78, 5) is 53.1. The van der Waals surface area contributed by atoms with E-state index in [9.17, 15) is 39.6 Å². The van der Waals surface area contributed by atoms with E-state index in [1.807, 2.05) is 0 Å². The summed E-state index contributed by atoms with van der Waals surface area (Å²) in [6, 6.07) is 1.63. The summed E-state index contributed by atoms with van der Waals surface area (Å²) < 4.78 is 0. The summed E-state index contributed by atoms with van der Waals surface area (Å²) in [6.45, 7) is -0.144. The van der Waals surface area contributed by atoms with Crippen LogP contribution < -0.4 is 16.0 Å². The van der Waals surface area contributed by atoms with Gasteiger partial charge in [-0.2, -0.15) is 0 Å². The zero-order valence-electron chi connectivity index (χ0n) is 21.0. The first kappa shape index (κ1) is 26.0. The molecule has 2 amide bonds. The Morgan fingerprint density at radius 2 is 1.78 bits per heavy atom. The number of aliphatic hydroxyl groups is 3. The molecule has 37 heavy (non-hydrogen) atoms. The van der Waals surface area contributed by atoms with Gasteiger partial charge in [-0.05, 0) is 30.4 Å². The van der Waals surface area contributed by atoms with Crippen molar-refractivity contribution < 1.29 is 39.6 Å². The van der Waals surface area contributed by atoms with Crippen LogP contribution in [0.15, 0.2) is 23.0 Å². The number of aromatic hydroxyl groups is 1. The summed E-state index contributed by atoms with van der Waals surface area (Å²) >= 11 is 0. The number of hydrogen-bond donors (Lipinski definition) is 6. The number of fused-ring (bicyclic) bond motifs is 3. The quantitative estimate of drug-likeness (QED) is 0.230. The third kappa shape index (κ3) is 3.79. The molecule has 1 aromatic rings. The maximum Gasteiger partial charge on any atom is 0.255 e. The fraction of sp³-hybridized carbons (Fsp3) is 0.440. The molecule has 0 bridgehead atoms. The molecule has 0 unspecified atom stereocenters. The van der Waals surface area contributed by atoms with Crippen LogP contribution in [0.4, 0.5) is 11.4 Å². The van der Waals surface area contributed by atoms with E-state index < -0.39 is 57.8 Å². The van der Waals surface area contributed by atoms with E-state index in [2.05, 4.69) is 5.32 Å². The second-order valence-electron chi connectivity index (χ2n) is 10.1. The number of nitrogens with one attached hydrogen (secondary N) is 1. The number of aliphatic hydroxyl groups excluding tert-OH is 2. The smallest absolute Gasteiger partial charge is 0.255 e. The van der Waals surface area contributed by atoms with Gasteiger partial charge in [-0.3, -0.25) is 19.2 Å². The number of nitrogens with two attached hydrogens (primary N) is 1. The topological polar surface area (TPSA) is 194 Å². The summed E-state index contributed by atoms with van der Waals surface area (Å²) in [6.07, 6.45) is -0.142. The van der Waals surface area contributed by atoms with Crippen molar-refractivity contribution in [3.8, 4) is 5.75 Å². The second-order valence-corrected chi connectivity index (χ2v) is 10.1. The molecule has 1 saturated carbocycles. The van der Waals surface area contributed by atoms with E-state index in [1.165, 1.54) is 4.90 Å². The Balaban J connectivity index is 1.89. The number of nitrogens with zero attached hydrogens (tertiary/aromatic N) is 2. The molecule has 0 spiro atoms. The molecule has 12 nitrogen and oxygen atoms in total. The van der Waals surface area contributed by atoms with Crippen LogP contribution in [0.5, 0.6) is 5.75 Å². The Labute approximate surface area is 212 Å². The van der Waals surface area contributed by atoms with Crippen LogP contribution in [0, 0.1) is 11.8 Å². The highest BCUT2D eigenvalue weighted by Gasteiger charge is 2.60. The van der Waals surface area contributed by atoms with Gasteiger partial charge < -0.3 is 41.3 Å². The first-order chi connectivity index (χ1) is 17.2. The highest BCUT2D eigenvalue weighted by Crippen LogP contribution is 2.54. The summed E-state index contributed by atoms with van der Waals surface area (Å²) in [7, 11) is 6.68. The molecule has 3 aliphatic rings. The molecule has 1 fully saturated rings. The maximum atomic E-state index is 13.6. The average molecular weight is 515 g/mol. The summed E-state index contributed by atoms with van der Waals surface area (Å²) in [5.74, 6) is -7.13. The van der Waals surface area contributed by atoms with Gasteiger partial charge >= 0.3 is 0 Å². The molecule has 0 aliphatic heterocycles. The van der Waals surface area contributed by atoms with Crippen molar-refractivity contribution in [1.82, 2.24) is 4.90 Å². The highest BCUT2D eigenvalue weighted by atomic mass is 16.3. The molecule has 0 heterocycles. The van der Waals surface area contributed by atoms with Gasteiger partial charge in [0, 0.05) is 51.8 Å². The number of phenolic OH excluding ortho intramolecular Hbond substituents is 1. The van der Waals surface area contributed by atoms with Crippen LogP contribution in [0.2, 0.25) is 0 Å². The van der Waals surface area contributed by atoms with E-state index in [0.717, 1.165) is 0 Å². The molecule has 4 rings (SSSR count). The lowest BCUT2D eigenvalue weighted by Crippen LogP contribution is -2.58. The molecule has 3 aliphatic carbocycles. The minimum Gasteiger partial charge on any atom is -0.508 e. The Bertz CT molecular complexity index is 1310. The van der Waals surface area contributed by atoms with Crippen molar-refractivity contribution in [1.29, 1.82) is 0 Å². The van der Waals surface area contributed by atoms with Gasteiger partial charge in [0.05, 0.1) is 17.8 Å². The van der Waals surface area contributed by atoms with Crippen LogP contribution in [-0.4, -0.2) is 89.0 Å². The van der Waals surface area contributed by atoms with Crippen LogP contribution in [0.1, 0.15) is 24.0 Å². The van der Waals surface area contributed by atoms with Crippen LogP contribution in [0.25, 0.3) is 5.76 Å². The molecule has 0 radical (unpaired) electrons. The SMILES string of the molecule is CN(C)C(=O)CNc1cc(N(C)C)c2c(c1O)C(O)=C1C(=O)[C@]3(O)C(O)=C(C(N)=O)C(=O)C[C@@H]3C[C@@H]1C2. The number of hydrogen-bond acceptors (Lipinski definition) is 10. The van der Waals surface area contributed by atoms with Gasteiger partial charge in [-0.1, -0.05) is 0 Å².